The zero-order chi connectivity index (χ0) is 20.4. The summed E-state index contributed by atoms with van der Waals surface area (Å²) in [5.41, 5.74) is 2.83. The maximum atomic E-state index is 12.9. The normalized spacial score (nSPS) is 11.6. The number of rotatable bonds is 7. The molecular formula is C21H22N4O2S2. The van der Waals surface area contributed by atoms with E-state index >= 15 is 0 Å². The molecule has 29 heavy (non-hydrogen) atoms. The number of aryl methyl sites for hydroxylation is 1. The summed E-state index contributed by atoms with van der Waals surface area (Å²) in [5.74, 6) is 2.06. The van der Waals surface area contributed by atoms with E-state index in [2.05, 4.69) is 24.0 Å². The van der Waals surface area contributed by atoms with Crippen LogP contribution in [0.2, 0.25) is 0 Å². The van der Waals surface area contributed by atoms with Crippen molar-refractivity contribution < 1.29 is 4.52 Å². The lowest BCUT2D eigenvalue weighted by atomic mass is 10.1. The fourth-order valence-electron chi connectivity index (χ4n) is 2.99. The Balaban J connectivity index is 1.59. The summed E-state index contributed by atoms with van der Waals surface area (Å²) < 4.78 is 7.93. The number of nitrogens with zero attached hydrogens (tertiary/aromatic N) is 4. The lowest BCUT2D eigenvalue weighted by molar-refractivity contribution is 0.391. The van der Waals surface area contributed by atoms with Gasteiger partial charge in [0, 0.05) is 12.1 Å². The Morgan fingerprint density at radius 3 is 2.83 bits per heavy atom. The zero-order valence-corrected chi connectivity index (χ0v) is 18.2. The van der Waals surface area contributed by atoms with Crippen molar-refractivity contribution in [3.63, 3.8) is 0 Å². The van der Waals surface area contributed by atoms with E-state index < -0.39 is 0 Å². The van der Waals surface area contributed by atoms with Crippen molar-refractivity contribution >= 4 is 33.3 Å². The van der Waals surface area contributed by atoms with Crippen LogP contribution < -0.4 is 5.56 Å². The van der Waals surface area contributed by atoms with E-state index in [0.717, 1.165) is 23.1 Å². The van der Waals surface area contributed by atoms with E-state index in [9.17, 15) is 4.79 Å². The molecule has 0 saturated heterocycles. The maximum absolute atomic E-state index is 12.9. The molecular weight excluding hydrogens is 404 g/mol. The van der Waals surface area contributed by atoms with E-state index in [1.165, 1.54) is 23.1 Å². The SMILES string of the molecule is Cc1ccccc1-c1noc(CSc2nc3ccsc3c(=O)n2CCC(C)C)n1. The highest BCUT2D eigenvalue weighted by atomic mass is 32.2. The standard InChI is InChI=1S/C21H22N4O2S2/c1-13(2)8-10-25-20(26)18-16(9-11-28-18)22-21(25)29-12-17-23-19(24-27-17)15-7-5-4-6-14(15)3/h4-7,9,11,13H,8,10,12H2,1-3H3. The quantitative estimate of drug-likeness (QED) is 0.300. The van der Waals surface area contributed by atoms with Gasteiger partial charge in [0.05, 0.1) is 11.3 Å². The van der Waals surface area contributed by atoms with Gasteiger partial charge in [0.15, 0.2) is 5.16 Å². The number of benzene rings is 1. The summed E-state index contributed by atoms with van der Waals surface area (Å²) in [6, 6.07) is 9.83. The van der Waals surface area contributed by atoms with Crippen molar-refractivity contribution in [1.82, 2.24) is 19.7 Å². The first-order valence-electron chi connectivity index (χ1n) is 9.52. The van der Waals surface area contributed by atoms with Crippen molar-refractivity contribution in [3.05, 3.63) is 57.5 Å². The molecule has 4 aromatic rings. The highest BCUT2D eigenvalue weighted by Gasteiger charge is 2.16. The van der Waals surface area contributed by atoms with Gasteiger partial charge in [0.2, 0.25) is 11.7 Å². The van der Waals surface area contributed by atoms with Crippen LogP contribution >= 0.6 is 23.1 Å². The van der Waals surface area contributed by atoms with Crippen molar-refractivity contribution in [2.75, 3.05) is 0 Å². The molecule has 6 nitrogen and oxygen atoms in total. The summed E-state index contributed by atoms with van der Waals surface area (Å²) >= 11 is 2.90. The van der Waals surface area contributed by atoms with E-state index in [1.54, 1.807) is 4.57 Å². The number of fused-ring (bicyclic) bond motifs is 1. The molecule has 0 bridgehead atoms. The molecule has 0 saturated carbocycles. The van der Waals surface area contributed by atoms with Crippen LogP contribution in [0.4, 0.5) is 0 Å². The third-order valence-electron chi connectivity index (χ3n) is 4.64. The van der Waals surface area contributed by atoms with Gasteiger partial charge < -0.3 is 4.52 Å². The maximum Gasteiger partial charge on any atom is 0.272 e. The summed E-state index contributed by atoms with van der Waals surface area (Å²) in [5, 5.41) is 6.72. The van der Waals surface area contributed by atoms with Crippen LogP contribution in [-0.4, -0.2) is 19.7 Å². The van der Waals surface area contributed by atoms with Crippen LogP contribution in [-0.2, 0) is 12.3 Å². The molecule has 0 unspecified atom stereocenters. The second-order valence-electron chi connectivity index (χ2n) is 7.28. The predicted octanol–water partition coefficient (Wildman–Crippen LogP) is 5.15. The molecule has 0 amide bonds. The van der Waals surface area contributed by atoms with Gasteiger partial charge in [-0.05, 0) is 36.3 Å². The molecule has 0 atom stereocenters. The fraction of sp³-hybridized carbons (Fsp3) is 0.333. The molecule has 0 radical (unpaired) electrons. The molecule has 0 spiro atoms. The molecule has 3 aromatic heterocycles. The van der Waals surface area contributed by atoms with Crippen LogP contribution in [0.1, 0.15) is 31.7 Å². The van der Waals surface area contributed by atoms with Gasteiger partial charge >= 0.3 is 0 Å². The Bertz CT molecular complexity index is 1190. The molecule has 1 aromatic carbocycles. The van der Waals surface area contributed by atoms with Crippen LogP contribution in [0, 0.1) is 12.8 Å². The molecule has 150 valence electrons. The summed E-state index contributed by atoms with van der Waals surface area (Å²) in [4.78, 5) is 22.2. The molecule has 4 rings (SSSR count). The number of hydrogen-bond acceptors (Lipinski definition) is 7. The first-order valence-corrected chi connectivity index (χ1v) is 11.4. The van der Waals surface area contributed by atoms with Crippen LogP contribution in [0.3, 0.4) is 0 Å². The van der Waals surface area contributed by atoms with Crippen molar-refractivity contribution in [2.24, 2.45) is 5.92 Å². The van der Waals surface area contributed by atoms with Gasteiger partial charge in [-0.25, -0.2) is 4.98 Å². The molecule has 0 fully saturated rings. The molecule has 0 aliphatic rings. The van der Waals surface area contributed by atoms with Gasteiger partial charge in [-0.1, -0.05) is 55.0 Å². The Morgan fingerprint density at radius 1 is 1.21 bits per heavy atom. The first-order chi connectivity index (χ1) is 14.0. The molecule has 0 aliphatic carbocycles. The summed E-state index contributed by atoms with van der Waals surface area (Å²) in [6.45, 7) is 6.98. The topological polar surface area (TPSA) is 73.8 Å². The second-order valence-corrected chi connectivity index (χ2v) is 9.14. The minimum absolute atomic E-state index is 0.0271. The lowest BCUT2D eigenvalue weighted by Gasteiger charge is -2.12. The fourth-order valence-corrected chi connectivity index (χ4v) is 4.63. The summed E-state index contributed by atoms with van der Waals surface area (Å²) in [7, 11) is 0. The minimum atomic E-state index is 0.0271. The van der Waals surface area contributed by atoms with Crippen molar-refractivity contribution in [3.8, 4) is 11.4 Å². The Hall–Kier alpha value is -2.45. The monoisotopic (exact) mass is 426 g/mol. The summed E-state index contributed by atoms with van der Waals surface area (Å²) in [6.07, 6.45) is 0.921. The molecule has 0 aliphatic heterocycles. The Labute approximate surface area is 177 Å². The number of thioether (sulfide) groups is 1. The van der Waals surface area contributed by atoms with E-state index in [4.69, 9.17) is 9.51 Å². The Morgan fingerprint density at radius 2 is 2.03 bits per heavy atom. The van der Waals surface area contributed by atoms with Crippen LogP contribution in [0.15, 0.2) is 50.2 Å². The second kappa shape index (κ2) is 8.51. The van der Waals surface area contributed by atoms with Gasteiger partial charge in [-0.2, -0.15) is 4.98 Å². The number of hydrogen-bond donors (Lipinski definition) is 0. The van der Waals surface area contributed by atoms with Gasteiger partial charge in [0.1, 0.15) is 4.70 Å². The lowest BCUT2D eigenvalue weighted by Crippen LogP contribution is -2.23. The predicted molar refractivity (Wildman–Crippen MR) is 117 cm³/mol. The first kappa shape index (κ1) is 19.8. The Kier molecular flexibility index (Phi) is 5.82. The minimum Gasteiger partial charge on any atom is -0.338 e. The van der Waals surface area contributed by atoms with Gasteiger partial charge in [-0.15, -0.1) is 11.3 Å². The van der Waals surface area contributed by atoms with Crippen LogP contribution in [0.5, 0.6) is 0 Å². The third kappa shape index (κ3) is 4.28. The molecule has 0 N–H and O–H groups in total. The van der Waals surface area contributed by atoms with Crippen LogP contribution in [0.25, 0.3) is 21.6 Å². The highest BCUT2D eigenvalue weighted by molar-refractivity contribution is 7.98. The largest absolute Gasteiger partial charge is 0.338 e. The molecule has 3 heterocycles. The smallest absolute Gasteiger partial charge is 0.272 e. The average Bonchev–Trinajstić information content (AvgIpc) is 3.35. The number of thiophene rings is 1. The van der Waals surface area contributed by atoms with E-state index in [1.807, 2.05) is 42.6 Å². The highest BCUT2D eigenvalue weighted by Crippen LogP contribution is 2.26. The zero-order valence-electron chi connectivity index (χ0n) is 16.6. The molecule has 8 heteroatoms. The van der Waals surface area contributed by atoms with Gasteiger partial charge in [-0.3, -0.25) is 9.36 Å². The average molecular weight is 427 g/mol. The van der Waals surface area contributed by atoms with Crippen molar-refractivity contribution in [1.29, 1.82) is 0 Å². The third-order valence-corrected chi connectivity index (χ3v) is 6.49. The van der Waals surface area contributed by atoms with Crippen molar-refractivity contribution in [2.45, 2.75) is 44.6 Å². The number of aromatic nitrogens is 4. The van der Waals surface area contributed by atoms with E-state index in [0.29, 0.717) is 39.8 Å². The van der Waals surface area contributed by atoms with E-state index in [-0.39, 0.29) is 5.56 Å². The van der Waals surface area contributed by atoms with Gasteiger partial charge in [0.25, 0.3) is 5.56 Å².